The molecule has 4 rings (SSSR count). The molecule has 1 nitrogen and oxygen atoms in total. The maximum absolute atomic E-state index is 5.85. The molecule has 0 fully saturated rings. The Morgan fingerprint density at radius 1 is 0.733 bits per heavy atom. The second kappa shape index (κ2) is 16.2. The van der Waals surface area contributed by atoms with Gasteiger partial charge in [0.05, 0.1) is 0 Å². The zero-order chi connectivity index (χ0) is 33.1. The monoisotopic (exact) mass is 589 g/mol. The molecule has 0 radical (unpaired) electrons. The largest absolute Gasteiger partial charge is 0.327 e. The number of nitrogens with two attached hydrogens (primary N) is 1. The van der Waals surface area contributed by atoms with Crippen molar-refractivity contribution in [3.8, 4) is 22.3 Å². The van der Waals surface area contributed by atoms with E-state index in [1.165, 1.54) is 0 Å². The maximum Gasteiger partial charge on any atom is 0.0116 e. The molecule has 0 spiro atoms. The highest BCUT2D eigenvalue weighted by Crippen LogP contribution is 2.45. The average Bonchev–Trinajstić information content (AvgIpc) is 3.08. The van der Waals surface area contributed by atoms with Crippen LogP contribution in [0.1, 0.15) is 62.4 Å². The normalized spacial score (nSPS) is 11.6. The van der Waals surface area contributed by atoms with Gasteiger partial charge in [0.1, 0.15) is 0 Å². The van der Waals surface area contributed by atoms with Gasteiger partial charge in [-0.1, -0.05) is 162 Å². The van der Waals surface area contributed by atoms with Crippen molar-refractivity contribution in [3.05, 3.63) is 163 Å². The molecule has 0 aliphatic rings. The van der Waals surface area contributed by atoms with Crippen LogP contribution in [-0.4, -0.2) is 6.54 Å². The molecule has 45 heavy (non-hydrogen) atoms. The molecule has 2 N–H and O–H groups in total. The minimum atomic E-state index is 0.465. The molecule has 0 saturated heterocycles. The SMILES string of the molecule is C=Cc1c(C(=C)/C(C)=C/C=C\C)cccc1-c1c(C=C)c(C=C)c(-c2ccc(/C(=C/CN)C(=C)C)cc2)c2ccccc12.CC. The second-order valence-corrected chi connectivity index (χ2v) is 10.6. The van der Waals surface area contributed by atoms with Crippen molar-refractivity contribution >= 4 is 40.1 Å². The van der Waals surface area contributed by atoms with Crippen molar-refractivity contribution < 1.29 is 0 Å². The van der Waals surface area contributed by atoms with E-state index in [1.807, 2.05) is 64.2 Å². The van der Waals surface area contributed by atoms with E-state index in [2.05, 4.69) is 113 Å². The Labute approximate surface area is 271 Å². The van der Waals surface area contributed by atoms with Crippen LogP contribution in [0.5, 0.6) is 0 Å². The highest BCUT2D eigenvalue weighted by molar-refractivity contribution is 6.12. The Morgan fingerprint density at radius 3 is 1.84 bits per heavy atom. The van der Waals surface area contributed by atoms with Gasteiger partial charge in [0.15, 0.2) is 0 Å². The number of allylic oxidation sites excluding steroid dienone is 7. The fourth-order valence-corrected chi connectivity index (χ4v) is 5.80. The van der Waals surface area contributed by atoms with Crippen molar-refractivity contribution in [1.82, 2.24) is 0 Å². The van der Waals surface area contributed by atoms with Gasteiger partial charge in [0.2, 0.25) is 0 Å². The Balaban J connectivity index is 0.00000271. The first kappa shape index (κ1) is 34.5. The van der Waals surface area contributed by atoms with E-state index in [4.69, 9.17) is 5.73 Å². The van der Waals surface area contributed by atoms with Crippen LogP contribution in [0.2, 0.25) is 0 Å². The van der Waals surface area contributed by atoms with Gasteiger partial charge in [-0.2, -0.15) is 0 Å². The molecule has 0 unspecified atom stereocenters. The summed E-state index contributed by atoms with van der Waals surface area (Å²) in [6.07, 6.45) is 14.0. The third-order valence-corrected chi connectivity index (χ3v) is 7.89. The van der Waals surface area contributed by atoms with Crippen molar-refractivity contribution in [1.29, 1.82) is 0 Å². The van der Waals surface area contributed by atoms with Crippen molar-refractivity contribution in [3.63, 3.8) is 0 Å². The van der Waals surface area contributed by atoms with E-state index in [1.54, 1.807) is 0 Å². The van der Waals surface area contributed by atoms with Gasteiger partial charge in [-0.25, -0.2) is 0 Å². The van der Waals surface area contributed by atoms with Gasteiger partial charge in [-0.15, -0.1) is 0 Å². The summed E-state index contributed by atoms with van der Waals surface area (Å²) in [4.78, 5) is 0. The number of fused-ring (bicyclic) bond motifs is 1. The maximum atomic E-state index is 5.85. The third kappa shape index (κ3) is 7.06. The first-order valence-corrected chi connectivity index (χ1v) is 15.6. The van der Waals surface area contributed by atoms with Gasteiger partial charge in [0, 0.05) is 6.54 Å². The number of rotatable bonds is 11. The Kier molecular flexibility index (Phi) is 12.4. The summed E-state index contributed by atoms with van der Waals surface area (Å²) < 4.78 is 0. The van der Waals surface area contributed by atoms with Crippen LogP contribution in [-0.2, 0) is 0 Å². The summed E-state index contributed by atoms with van der Waals surface area (Å²) in [5, 5.41) is 2.28. The standard InChI is InChI=1S/C42H41N.C2H6/c1-9-13-17-29(7)30(8)37-20-16-21-38(33(37)10-2)42-35(12-4)34(11-3)41(39-18-14-15-19-40(39)42)32-24-22-31(23-25-32)36(26-27-43)28(5)6;1-2/h9-26H,2-5,8,27,43H2,1,6-7H3;1-2H3/b13-9-,29-17+,36-26+;. The minimum absolute atomic E-state index is 0.465. The molecule has 0 saturated carbocycles. The fraction of sp³-hybridized carbons (Fsp3) is 0.136. The lowest BCUT2D eigenvalue weighted by Gasteiger charge is -2.22. The molecule has 228 valence electrons. The molecule has 0 atom stereocenters. The third-order valence-electron chi connectivity index (χ3n) is 7.89. The minimum Gasteiger partial charge on any atom is -0.327 e. The molecule has 1 heteroatoms. The summed E-state index contributed by atoms with van der Waals surface area (Å²) in [5.74, 6) is 0. The number of hydrogen-bond donors (Lipinski definition) is 1. The second-order valence-electron chi connectivity index (χ2n) is 10.6. The topological polar surface area (TPSA) is 26.0 Å². The van der Waals surface area contributed by atoms with Crippen LogP contribution in [0.25, 0.3) is 62.4 Å². The quantitative estimate of drug-likeness (QED) is 0.173. The van der Waals surface area contributed by atoms with E-state index < -0.39 is 0 Å². The molecule has 0 aliphatic heterocycles. The van der Waals surface area contributed by atoms with Gasteiger partial charge >= 0.3 is 0 Å². The molecule has 0 bridgehead atoms. The zero-order valence-electron chi connectivity index (χ0n) is 27.7. The summed E-state index contributed by atoms with van der Waals surface area (Å²) in [7, 11) is 0. The molecular weight excluding hydrogens is 542 g/mol. The van der Waals surface area contributed by atoms with E-state index in [9.17, 15) is 0 Å². The van der Waals surface area contributed by atoms with E-state index in [-0.39, 0.29) is 0 Å². The average molecular weight is 590 g/mol. The van der Waals surface area contributed by atoms with E-state index in [0.29, 0.717) is 6.54 Å². The predicted octanol–water partition coefficient (Wildman–Crippen LogP) is 12.6. The van der Waals surface area contributed by atoms with E-state index in [0.717, 1.165) is 83.1 Å². The van der Waals surface area contributed by atoms with Gasteiger partial charge in [0.25, 0.3) is 0 Å². The molecule has 4 aromatic carbocycles. The molecule has 0 amide bonds. The summed E-state index contributed by atoms with van der Waals surface area (Å²) in [6, 6.07) is 23.6. The van der Waals surface area contributed by atoms with Gasteiger partial charge in [-0.05, 0) is 98.3 Å². The van der Waals surface area contributed by atoms with Crippen LogP contribution >= 0.6 is 0 Å². The lowest BCUT2D eigenvalue weighted by atomic mass is 9.81. The first-order chi connectivity index (χ1) is 21.8. The number of benzene rings is 4. The van der Waals surface area contributed by atoms with Crippen LogP contribution in [0.3, 0.4) is 0 Å². The molecule has 0 aromatic heterocycles. The van der Waals surface area contributed by atoms with Crippen LogP contribution in [0, 0.1) is 0 Å². The van der Waals surface area contributed by atoms with Crippen molar-refractivity contribution in [2.45, 2.75) is 34.6 Å². The van der Waals surface area contributed by atoms with E-state index >= 15 is 0 Å². The van der Waals surface area contributed by atoms with Gasteiger partial charge in [-0.3, -0.25) is 0 Å². The molecular formula is C44H47N. The Bertz CT molecular complexity index is 1830. The first-order valence-electron chi connectivity index (χ1n) is 15.6. The Hall–Kier alpha value is -4.98. The molecule has 0 heterocycles. The fourth-order valence-electron chi connectivity index (χ4n) is 5.80. The highest BCUT2D eigenvalue weighted by Gasteiger charge is 2.21. The van der Waals surface area contributed by atoms with Crippen molar-refractivity contribution in [2.75, 3.05) is 6.54 Å². The molecule has 0 aliphatic carbocycles. The zero-order valence-corrected chi connectivity index (χ0v) is 27.7. The summed E-state index contributed by atoms with van der Waals surface area (Å²) >= 11 is 0. The van der Waals surface area contributed by atoms with Crippen LogP contribution in [0.4, 0.5) is 0 Å². The lowest BCUT2D eigenvalue weighted by molar-refractivity contribution is 1.25. The summed E-state index contributed by atoms with van der Waals surface area (Å²) in [5.41, 5.74) is 19.7. The highest BCUT2D eigenvalue weighted by atomic mass is 14.5. The Morgan fingerprint density at radius 2 is 1.31 bits per heavy atom. The number of hydrogen-bond acceptors (Lipinski definition) is 1. The smallest absolute Gasteiger partial charge is 0.0116 e. The molecule has 4 aromatic rings. The summed E-state index contributed by atoms with van der Waals surface area (Å²) in [6.45, 7) is 32.0. The van der Waals surface area contributed by atoms with Crippen LogP contribution < -0.4 is 5.73 Å². The predicted molar refractivity (Wildman–Crippen MR) is 206 cm³/mol. The van der Waals surface area contributed by atoms with Crippen LogP contribution in [0.15, 0.2) is 135 Å². The van der Waals surface area contributed by atoms with Crippen molar-refractivity contribution in [2.24, 2.45) is 5.73 Å². The van der Waals surface area contributed by atoms with Gasteiger partial charge < -0.3 is 5.73 Å². The lowest BCUT2D eigenvalue weighted by Crippen LogP contribution is -1.99.